The van der Waals surface area contributed by atoms with Crippen LogP contribution in [-0.2, 0) is 9.53 Å². The maximum Gasteiger partial charge on any atom is 0.326 e. The second-order valence-electron chi connectivity index (χ2n) is 4.04. The van der Waals surface area contributed by atoms with E-state index in [0.717, 1.165) is 0 Å². The molecule has 0 aromatic rings. The van der Waals surface area contributed by atoms with Crippen molar-refractivity contribution >= 4 is 12.0 Å². The van der Waals surface area contributed by atoms with Crippen molar-refractivity contribution in [3.63, 3.8) is 0 Å². The van der Waals surface area contributed by atoms with Crippen LogP contribution in [0.25, 0.3) is 0 Å². The number of carbonyl (C=O) groups excluding carboxylic acids is 1. The monoisotopic (exact) mass is 246 g/mol. The Bertz CT molecular complexity index is 258. The number of amides is 2. The summed E-state index contributed by atoms with van der Waals surface area (Å²) in [6.45, 7) is 4.12. The van der Waals surface area contributed by atoms with Crippen molar-refractivity contribution in [3.8, 4) is 0 Å². The molecule has 0 radical (unpaired) electrons. The molecule has 17 heavy (non-hydrogen) atoms. The van der Waals surface area contributed by atoms with E-state index in [0.29, 0.717) is 19.4 Å². The van der Waals surface area contributed by atoms with E-state index in [9.17, 15) is 9.59 Å². The summed E-state index contributed by atoms with van der Waals surface area (Å²) in [6.07, 6.45) is 1.13. The van der Waals surface area contributed by atoms with E-state index in [2.05, 4.69) is 5.32 Å². The van der Waals surface area contributed by atoms with Crippen molar-refractivity contribution in [1.82, 2.24) is 10.2 Å². The smallest absolute Gasteiger partial charge is 0.326 e. The molecule has 2 N–H and O–H groups in total. The highest BCUT2D eigenvalue weighted by Gasteiger charge is 2.22. The molecule has 0 saturated carbocycles. The first kappa shape index (κ1) is 15.7. The molecule has 0 aliphatic rings. The topological polar surface area (TPSA) is 78.9 Å². The number of rotatable bonds is 7. The fraction of sp³-hybridized carbons (Fsp3) is 0.818. The van der Waals surface area contributed by atoms with Crippen LogP contribution in [0.4, 0.5) is 4.79 Å². The largest absolute Gasteiger partial charge is 0.480 e. The van der Waals surface area contributed by atoms with Crippen LogP contribution in [0.5, 0.6) is 0 Å². The van der Waals surface area contributed by atoms with Crippen LogP contribution in [0, 0.1) is 0 Å². The van der Waals surface area contributed by atoms with Crippen molar-refractivity contribution in [2.45, 2.75) is 38.8 Å². The molecule has 0 saturated heterocycles. The highest BCUT2D eigenvalue weighted by atomic mass is 16.5. The van der Waals surface area contributed by atoms with E-state index in [1.807, 2.05) is 13.8 Å². The third-order valence-electron chi connectivity index (χ3n) is 2.56. The Balaban J connectivity index is 4.34. The number of carbonyl (C=O) groups is 2. The number of hydrogen-bond acceptors (Lipinski definition) is 3. The molecule has 0 bridgehead atoms. The van der Waals surface area contributed by atoms with Crippen molar-refractivity contribution in [2.24, 2.45) is 0 Å². The number of carboxylic acid groups (broad SMARTS) is 1. The quantitative estimate of drug-likeness (QED) is 0.700. The van der Waals surface area contributed by atoms with Crippen LogP contribution in [0.15, 0.2) is 0 Å². The van der Waals surface area contributed by atoms with Crippen LogP contribution in [0.3, 0.4) is 0 Å². The third-order valence-corrected chi connectivity index (χ3v) is 2.56. The highest BCUT2D eigenvalue weighted by molar-refractivity contribution is 5.82. The molecule has 0 fully saturated rings. The summed E-state index contributed by atoms with van der Waals surface area (Å²) in [5.41, 5.74) is 0. The van der Waals surface area contributed by atoms with Crippen LogP contribution in [-0.4, -0.2) is 54.9 Å². The summed E-state index contributed by atoms with van der Waals surface area (Å²) >= 11 is 0. The Morgan fingerprint density at radius 3 is 2.47 bits per heavy atom. The lowest BCUT2D eigenvalue weighted by Crippen LogP contribution is -2.50. The minimum absolute atomic E-state index is 0.101. The first-order chi connectivity index (χ1) is 7.93. The number of methoxy groups -OCH3 is 1. The summed E-state index contributed by atoms with van der Waals surface area (Å²) in [6, 6.07) is -1.32. The molecule has 2 amide bonds. The maximum atomic E-state index is 11.7. The number of likely N-dealkylation sites (N-methyl/N-ethyl adjacent to an activating group) is 1. The van der Waals surface area contributed by atoms with Crippen molar-refractivity contribution in [1.29, 1.82) is 0 Å². The SMILES string of the molecule is CCC[C@H](NC(=O)N(C)C(C)COC)C(=O)O. The Hall–Kier alpha value is -1.30. The molecule has 0 aliphatic carbocycles. The van der Waals surface area contributed by atoms with Crippen molar-refractivity contribution in [2.75, 3.05) is 20.8 Å². The van der Waals surface area contributed by atoms with Crippen LogP contribution in [0.2, 0.25) is 0 Å². The summed E-state index contributed by atoms with van der Waals surface area (Å²) in [5, 5.41) is 11.4. The normalized spacial score (nSPS) is 13.9. The molecule has 6 nitrogen and oxygen atoms in total. The van der Waals surface area contributed by atoms with Crippen molar-refractivity contribution < 1.29 is 19.4 Å². The number of ether oxygens (including phenoxy) is 1. The number of urea groups is 1. The Labute approximate surface area is 102 Å². The first-order valence-electron chi connectivity index (χ1n) is 5.69. The van der Waals surface area contributed by atoms with Crippen LogP contribution >= 0.6 is 0 Å². The Kier molecular flexibility index (Phi) is 7.29. The van der Waals surface area contributed by atoms with E-state index in [-0.39, 0.29) is 6.04 Å². The second kappa shape index (κ2) is 7.89. The average Bonchev–Trinajstić information content (AvgIpc) is 2.27. The van der Waals surface area contributed by atoms with Gasteiger partial charge in [-0.05, 0) is 13.3 Å². The van der Waals surface area contributed by atoms with Gasteiger partial charge in [0.25, 0.3) is 0 Å². The molecule has 100 valence electrons. The number of aliphatic carboxylic acids is 1. The summed E-state index contributed by atoms with van der Waals surface area (Å²) in [4.78, 5) is 24.1. The minimum Gasteiger partial charge on any atom is -0.480 e. The standard InChI is InChI=1S/C11H22N2O4/c1-5-6-9(10(14)15)12-11(16)13(3)8(2)7-17-4/h8-9H,5-7H2,1-4H3,(H,12,16)(H,14,15)/t8?,9-/m0/s1. The van der Waals surface area contributed by atoms with Crippen LogP contribution in [0.1, 0.15) is 26.7 Å². The predicted octanol–water partition coefficient (Wildman–Crippen LogP) is 0.916. The first-order valence-corrected chi connectivity index (χ1v) is 5.69. The number of nitrogens with one attached hydrogen (secondary N) is 1. The number of nitrogens with zero attached hydrogens (tertiary/aromatic N) is 1. The number of hydrogen-bond donors (Lipinski definition) is 2. The lowest BCUT2D eigenvalue weighted by molar-refractivity contribution is -0.139. The molecule has 6 heteroatoms. The molecule has 0 spiro atoms. The van der Waals surface area contributed by atoms with E-state index in [1.54, 1.807) is 14.2 Å². The molecular formula is C11H22N2O4. The predicted molar refractivity (Wildman–Crippen MR) is 64.0 cm³/mol. The van der Waals surface area contributed by atoms with Gasteiger partial charge < -0.3 is 20.1 Å². The van der Waals surface area contributed by atoms with Gasteiger partial charge in [0.1, 0.15) is 6.04 Å². The molecular weight excluding hydrogens is 224 g/mol. The van der Waals surface area contributed by atoms with Crippen molar-refractivity contribution in [3.05, 3.63) is 0 Å². The molecule has 0 aromatic heterocycles. The highest BCUT2D eigenvalue weighted by Crippen LogP contribution is 2.01. The maximum absolute atomic E-state index is 11.7. The lowest BCUT2D eigenvalue weighted by Gasteiger charge is -2.26. The third kappa shape index (κ3) is 5.53. The summed E-state index contributed by atoms with van der Waals surface area (Å²) < 4.78 is 4.94. The molecule has 0 aliphatic heterocycles. The van der Waals surface area contributed by atoms with Gasteiger partial charge in [0.2, 0.25) is 0 Å². The zero-order valence-electron chi connectivity index (χ0n) is 10.9. The van der Waals surface area contributed by atoms with E-state index >= 15 is 0 Å². The minimum atomic E-state index is -1.01. The van der Waals surface area contributed by atoms with E-state index < -0.39 is 18.0 Å². The van der Waals surface area contributed by atoms with Gasteiger partial charge in [0.05, 0.1) is 12.6 Å². The number of carboxylic acids is 1. The lowest BCUT2D eigenvalue weighted by atomic mass is 10.2. The fourth-order valence-electron chi connectivity index (χ4n) is 1.35. The van der Waals surface area contributed by atoms with E-state index in [1.165, 1.54) is 4.90 Å². The van der Waals surface area contributed by atoms with Gasteiger partial charge in [-0.25, -0.2) is 9.59 Å². The summed E-state index contributed by atoms with van der Waals surface area (Å²) in [7, 11) is 3.17. The van der Waals surface area contributed by atoms with Gasteiger partial charge >= 0.3 is 12.0 Å². The van der Waals surface area contributed by atoms with Gasteiger partial charge in [-0.15, -0.1) is 0 Å². The molecule has 0 aromatic carbocycles. The molecule has 0 rings (SSSR count). The van der Waals surface area contributed by atoms with E-state index in [4.69, 9.17) is 9.84 Å². The fourth-order valence-corrected chi connectivity index (χ4v) is 1.35. The van der Waals surface area contributed by atoms with Gasteiger partial charge in [0, 0.05) is 14.2 Å². The zero-order chi connectivity index (χ0) is 13.4. The van der Waals surface area contributed by atoms with Gasteiger partial charge in [-0.2, -0.15) is 0 Å². The van der Waals surface area contributed by atoms with Gasteiger partial charge in [-0.3, -0.25) is 0 Å². The van der Waals surface area contributed by atoms with Gasteiger partial charge in [-0.1, -0.05) is 13.3 Å². The average molecular weight is 246 g/mol. The molecule has 1 unspecified atom stereocenters. The molecule has 2 atom stereocenters. The van der Waals surface area contributed by atoms with Crippen LogP contribution < -0.4 is 5.32 Å². The zero-order valence-corrected chi connectivity index (χ0v) is 10.9. The Morgan fingerprint density at radius 2 is 2.06 bits per heavy atom. The van der Waals surface area contributed by atoms with Gasteiger partial charge in [0.15, 0.2) is 0 Å². The Morgan fingerprint density at radius 1 is 1.47 bits per heavy atom. The second-order valence-corrected chi connectivity index (χ2v) is 4.04. The summed E-state index contributed by atoms with van der Waals surface area (Å²) in [5.74, 6) is -1.01. The molecule has 0 heterocycles.